The quantitative estimate of drug-likeness (QED) is 0.919. The molecule has 4 heteroatoms. The van der Waals surface area contributed by atoms with Gasteiger partial charge < -0.3 is 5.73 Å². The first-order chi connectivity index (χ1) is 9.23. The Balaban J connectivity index is 2.00. The lowest BCUT2D eigenvalue weighted by Crippen LogP contribution is -2.43. The molecular formula is C15H16FN3. The number of rotatable bonds is 3. The molecule has 3 rings (SSSR count). The van der Waals surface area contributed by atoms with Crippen LogP contribution in [0.3, 0.4) is 0 Å². The first-order valence-electron chi connectivity index (χ1n) is 6.53. The van der Waals surface area contributed by atoms with Gasteiger partial charge in [0.05, 0.1) is 5.69 Å². The van der Waals surface area contributed by atoms with Gasteiger partial charge in [-0.05, 0) is 31.0 Å². The van der Waals surface area contributed by atoms with Crippen molar-refractivity contribution in [1.82, 2.24) is 9.97 Å². The van der Waals surface area contributed by atoms with E-state index in [4.69, 9.17) is 5.73 Å². The molecule has 3 nitrogen and oxygen atoms in total. The molecule has 1 aromatic carbocycles. The largest absolute Gasteiger partial charge is 0.329 e. The molecule has 0 spiro atoms. The van der Waals surface area contributed by atoms with Gasteiger partial charge in [-0.3, -0.25) is 0 Å². The average Bonchev–Trinajstić information content (AvgIpc) is 2.39. The molecule has 0 bridgehead atoms. The molecule has 0 radical (unpaired) electrons. The third-order valence-corrected chi connectivity index (χ3v) is 3.95. The Kier molecular flexibility index (Phi) is 3.03. The zero-order valence-electron chi connectivity index (χ0n) is 10.6. The molecule has 1 saturated carbocycles. The third-order valence-electron chi connectivity index (χ3n) is 3.95. The molecule has 2 N–H and O–H groups in total. The van der Waals surface area contributed by atoms with Crippen molar-refractivity contribution in [2.45, 2.75) is 24.7 Å². The van der Waals surface area contributed by atoms with Crippen LogP contribution in [0, 0.1) is 5.82 Å². The van der Waals surface area contributed by atoms with E-state index in [-0.39, 0.29) is 11.2 Å². The molecule has 0 aliphatic heterocycles. The highest BCUT2D eigenvalue weighted by molar-refractivity contribution is 5.58. The summed E-state index contributed by atoms with van der Waals surface area (Å²) in [6.07, 6.45) is 4.98. The van der Waals surface area contributed by atoms with Gasteiger partial charge in [0.15, 0.2) is 0 Å². The minimum absolute atomic E-state index is 0.0661. The first kappa shape index (κ1) is 12.2. The standard InChI is InChI=1S/C15H16FN3/c16-12-4-1-3-11(9-12)13-5-8-18-14(19-13)15(10-17)6-2-7-15/h1,3-5,8-9H,2,6-7,10,17H2. The maximum Gasteiger partial charge on any atom is 0.136 e. The topological polar surface area (TPSA) is 51.8 Å². The zero-order valence-corrected chi connectivity index (χ0v) is 10.6. The van der Waals surface area contributed by atoms with Crippen molar-refractivity contribution in [2.24, 2.45) is 5.73 Å². The summed E-state index contributed by atoms with van der Waals surface area (Å²) in [6, 6.07) is 8.27. The molecule has 1 fully saturated rings. The maximum absolute atomic E-state index is 13.3. The van der Waals surface area contributed by atoms with Gasteiger partial charge in [0, 0.05) is 23.7 Å². The van der Waals surface area contributed by atoms with Crippen molar-refractivity contribution in [3.63, 3.8) is 0 Å². The van der Waals surface area contributed by atoms with Gasteiger partial charge in [0.25, 0.3) is 0 Å². The minimum atomic E-state index is -0.255. The van der Waals surface area contributed by atoms with E-state index >= 15 is 0 Å². The lowest BCUT2D eigenvalue weighted by Gasteiger charge is -2.39. The van der Waals surface area contributed by atoms with E-state index in [1.165, 1.54) is 18.6 Å². The fourth-order valence-corrected chi connectivity index (χ4v) is 2.55. The van der Waals surface area contributed by atoms with Crippen LogP contribution in [0.25, 0.3) is 11.3 Å². The van der Waals surface area contributed by atoms with Crippen LogP contribution in [0.4, 0.5) is 4.39 Å². The lowest BCUT2D eigenvalue weighted by atomic mass is 9.68. The van der Waals surface area contributed by atoms with E-state index in [1.54, 1.807) is 18.3 Å². The summed E-state index contributed by atoms with van der Waals surface area (Å²) >= 11 is 0. The van der Waals surface area contributed by atoms with E-state index in [9.17, 15) is 4.39 Å². The number of halogens is 1. The fourth-order valence-electron chi connectivity index (χ4n) is 2.55. The SMILES string of the molecule is NCC1(c2nccc(-c3cccc(F)c3)n2)CCC1. The Morgan fingerprint density at radius 2 is 2.11 bits per heavy atom. The van der Waals surface area contributed by atoms with Crippen LogP contribution in [0.5, 0.6) is 0 Å². The normalized spacial score (nSPS) is 16.9. The Bertz CT molecular complexity index is 588. The molecule has 1 heterocycles. The van der Waals surface area contributed by atoms with E-state index in [0.29, 0.717) is 6.54 Å². The Morgan fingerprint density at radius 1 is 1.26 bits per heavy atom. The number of hydrogen-bond donors (Lipinski definition) is 1. The molecule has 0 amide bonds. The van der Waals surface area contributed by atoms with Crippen molar-refractivity contribution < 1.29 is 4.39 Å². The second-order valence-electron chi connectivity index (χ2n) is 5.11. The monoisotopic (exact) mass is 257 g/mol. The van der Waals surface area contributed by atoms with E-state index in [2.05, 4.69) is 9.97 Å². The number of benzene rings is 1. The van der Waals surface area contributed by atoms with Crippen LogP contribution in [0.15, 0.2) is 36.5 Å². The summed E-state index contributed by atoms with van der Waals surface area (Å²) in [4.78, 5) is 8.96. The maximum atomic E-state index is 13.3. The number of hydrogen-bond acceptors (Lipinski definition) is 3. The van der Waals surface area contributed by atoms with Gasteiger partial charge in [0.1, 0.15) is 11.6 Å². The minimum Gasteiger partial charge on any atom is -0.329 e. The van der Waals surface area contributed by atoms with E-state index < -0.39 is 0 Å². The highest BCUT2D eigenvalue weighted by atomic mass is 19.1. The predicted molar refractivity (Wildman–Crippen MR) is 72.0 cm³/mol. The van der Waals surface area contributed by atoms with Crippen LogP contribution in [0.2, 0.25) is 0 Å². The van der Waals surface area contributed by atoms with Crippen LogP contribution in [-0.2, 0) is 5.41 Å². The molecule has 0 atom stereocenters. The summed E-state index contributed by atoms with van der Waals surface area (Å²) in [5.74, 6) is 0.540. The third kappa shape index (κ3) is 2.12. The second kappa shape index (κ2) is 4.70. The molecule has 0 saturated heterocycles. The van der Waals surface area contributed by atoms with Crippen molar-refractivity contribution >= 4 is 0 Å². The Hall–Kier alpha value is -1.81. The fraction of sp³-hybridized carbons (Fsp3) is 0.333. The van der Waals surface area contributed by atoms with Gasteiger partial charge in [-0.15, -0.1) is 0 Å². The van der Waals surface area contributed by atoms with Gasteiger partial charge in [-0.25, -0.2) is 14.4 Å². The summed E-state index contributed by atoms with van der Waals surface area (Å²) in [7, 11) is 0. The van der Waals surface area contributed by atoms with Crippen LogP contribution >= 0.6 is 0 Å². The Labute approximate surface area is 111 Å². The van der Waals surface area contributed by atoms with Crippen molar-refractivity contribution in [3.8, 4) is 11.3 Å². The van der Waals surface area contributed by atoms with E-state index in [0.717, 1.165) is 29.9 Å². The van der Waals surface area contributed by atoms with Crippen molar-refractivity contribution in [2.75, 3.05) is 6.54 Å². The van der Waals surface area contributed by atoms with E-state index in [1.807, 2.05) is 6.07 Å². The molecule has 1 aromatic heterocycles. The lowest BCUT2D eigenvalue weighted by molar-refractivity contribution is 0.238. The molecular weight excluding hydrogens is 241 g/mol. The zero-order chi connectivity index (χ0) is 13.3. The molecule has 1 aliphatic rings. The molecule has 2 aromatic rings. The Morgan fingerprint density at radius 3 is 2.74 bits per heavy atom. The van der Waals surface area contributed by atoms with Crippen molar-refractivity contribution in [1.29, 1.82) is 0 Å². The molecule has 98 valence electrons. The van der Waals surface area contributed by atoms with Crippen LogP contribution < -0.4 is 5.73 Å². The smallest absolute Gasteiger partial charge is 0.136 e. The second-order valence-corrected chi connectivity index (χ2v) is 5.11. The van der Waals surface area contributed by atoms with Crippen LogP contribution in [0.1, 0.15) is 25.1 Å². The molecule has 1 aliphatic carbocycles. The van der Waals surface area contributed by atoms with Crippen LogP contribution in [-0.4, -0.2) is 16.5 Å². The highest BCUT2D eigenvalue weighted by Gasteiger charge is 2.40. The van der Waals surface area contributed by atoms with Crippen molar-refractivity contribution in [3.05, 3.63) is 48.2 Å². The van der Waals surface area contributed by atoms with Gasteiger partial charge in [0.2, 0.25) is 0 Å². The predicted octanol–water partition coefficient (Wildman–Crippen LogP) is 2.66. The summed E-state index contributed by atoms with van der Waals surface area (Å²) in [5, 5.41) is 0. The number of nitrogens with zero attached hydrogens (tertiary/aromatic N) is 2. The summed E-state index contributed by atoms with van der Waals surface area (Å²) in [5.41, 5.74) is 7.33. The highest BCUT2D eigenvalue weighted by Crippen LogP contribution is 2.41. The van der Waals surface area contributed by atoms with Gasteiger partial charge in [-0.2, -0.15) is 0 Å². The number of aromatic nitrogens is 2. The number of nitrogens with two attached hydrogens (primary N) is 1. The molecule has 19 heavy (non-hydrogen) atoms. The molecule has 0 unspecified atom stereocenters. The summed E-state index contributed by atoms with van der Waals surface area (Å²) < 4.78 is 13.3. The van der Waals surface area contributed by atoms with Gasteiger partial charge in [-0.1, -0.05) is 18.6 Å². The van der Waals surface area contributed by atoms with Gasteiger partial charge >= 0.3 is 0 Å². The summed E-state index contributed by atoms with van der Waals surface area (Å²) in [6.45, 7) is 0.569. The first-order valence-corrected chi connectivity index (χ1v) is 6.53. The average molecular weight is 257 g/mol.